The van der Waals surface area contributed by atoms with E-state index in [4.69, 9.17) is 0 Å². The van der Waals surface area contributed by atoms with E-state index >= 15 is 0 Å². The molecule has 1 saturated heterocycles. The molecule has 0 atom stereocenters. The Bertz CT molecular complexity index is 717. The number of hydrogen-bond donors (Lipinski definition) is 1. The van der Waals surface area contributed by atoms with Crippen molar-refractivity contribution in [3.63, 3.8) is 0 Å². The lowest BCUT2D eigenvalue weighted by Gasteiger charge is -2.26. The summed E-state index contributed by atoms with van der Waals surface area (Å²) in [4.78, 5) is 30.2. The Balaban J connectivity index is 1.57. The van der Waals surface area contributed by atoms with Crippen molar-refractivity contribution in [3.05, 3.63) is 41.7 Å². The molecule has 1 aliphatic heterocycles. The second kappa shape index (κ2) is 7.25. The van der Waals surface area contributed by atoms with Gasteiger partial charge in [0.1, 0.15) is 12.9 Å². The lowest BCUT2D eigenvalue weighted by molar-refractivity contribution is -0.132. The molecule has 0 spiro atoms. The molecular weight excluding hydrogens is 306 g/mol. The van der Waals surface area contributed by atoms with Crippen molar-refractivity contribution in [2.24, 2.45) is 0 Å². The van der Waals surface area contributed by atoms with Crippen LogP contribution in [0.15, 0.2) is 30.6 Å². The SMILES string of the molecule is Cc1ccc(C(=O)Nc2ncn(CC(=O)N3CCCCC3)n2)cc1. The summed E-state index contributed by atoms with van der Waals surface area (Å²) in [6, 6.07) is 7.25. The summed E-state index contributed by atoms with van der Waals surface area (Å²) < 4.78 is 1.46. The number of nitrogens with zero attached hydrogens (tertiary/aromatic N) is 4. The van der Waals surface area contributed by atoms with Crippen LogP contribution in [0.25, 0.3) is 0 Å². The highest BCUT2D eigenvalue weighted by Gasteiger charge is 2.17. The number of benzene rings is 1. The fraction of sp³-hybridized carbons (Fsp3) is 0.412. The summed E-state index contributed by atoms with van der Waals surface area (Å²) in [5, 5.41) is 6.80. The Labute approximate surface area is 140 Å². The minimum Gasteiger partial charge on any atom is -0.341 e. The number of nitrogens with one attached hydrogen (secondary N) is 1. The molecule has 0 aliphatic carbocycles. The van der Waals surface area contributed by atoms with E-state index in [-0.39, 0.29) is 24.3 Å². The van der Waals surface area contributed by atoms with Gasteiger partial charge in [-0.25, -0.2) is 9.67 Å². The molecule has 3 rings (SSSR count). The van der Waals surface area contributed by atoms with Crippen molar-refractivity contribution >= 4 is 17.8 Å². The van der Waals surface area contributed by atoms with E-state index in [1.54, 1.807) is 12.1 Å². The van der Waals surface area contributed by atoms with Gasteiger partial charge in [-0.1, -0.05) is 17.7 Å². The first-order chi connectivity index (χ1) is 11.6. The topological polar surface area (TPSA) is 80.1 Å². The maximum atomic E-state index is 12.2. The Hall–Kier alpha value is -2.70. The van der Waals surface area contributed by atoms with E-state index in [1.807, 2.05) is 24.0 Å². The molecule has 1 fully saturated rings. The summed E-state index contributed by atoms with van der Waals surface area (Å²) in [7, 11) is 0. The summed E-state index contributed by atoms with van der Waals surface area (Å²) in [6.45, 7) is 3.73. The van der Waals surface area contributed by atoms with Crippen LogP contribution in [0.4, 0.5) is 5.95 Å². The number of rotatable bonds is 4. The lowest BCUT2D eigenvalue weighted by atomic mass is 10.1. The highest BCUT2D eigenvalue weighted by atomic mass is 16.2. The Morgan fingerprint density at radius 2 is 1.83 bits per heavy atom. The highest BCUT2D eigenvalue weighted by molar-refractivity contribution is 6.03. The largest absolute Gasteiger partial charge is 0.341 e. The van der Waals surface area contributed by atoms with Crippen LogP contribution in [-0.4, -0.2) is 44.6 Å². The van der Waals surface area contributed by atoms with E-state index in [9.17, 15) is 9.59 Å². The Kier molecular flexibility index (Phi) is 4.88. The summed E-state index contributed by atoms with van der Waals surface area (Å²) in [5.41, 5.74) is 1.63. The summed E-state index contributed by atoms with van der Waals surface area (Å²) >= 11 is 0. The average molecular weight is 327 g/mol. The summed E-state index contributed by atoms with van der Waals surface area (Å²) in [5.74, 6) is -0.0295. The van der Waals surface area contributed by atoms with Gasteiger partial charge in [-0.3, -0.25) is 14.9 Å². The molecule has 0 bridgehead atoms. The molecule has 2 aromatic rings. The molecule has 1 aromatic heterocycles. The monoisotopic (exact) mass is 327 g/mol. The molecule has 1 N–H and O–H groups in total. The van der Waals surface area contributed by atoms with Gasteiger partial charge in [-0.05, 0) is 38.3 Å². The van der Waals surface area contributed by atoms with Crippen molar-refractivity contribution in [3.8, 4) is 0 Å². The van der Waals surface area contributed by atoms with Gasteiger partial charge < -0.3 is 4.90 Å². The van der Waals surface area contributed by atoms with Crippen LogP contribution in [0, 0.1) is 6.92 Å². The van der Waals surface area contributed by atoms with E-state index in [0.717, 1.165) is 31.5 Å². The third kappa shape index (κ3) is 3.98. The second-order valence-electron chi connectivity index (χ2n) is 6.03. The molecule has 24 heavy (non-hydrogen) atoms. The molecule has 0 radical (unpaired) electrons. The Morgan fingerprint density at radius 1 is 1.12 bits per heavy atom. The molecular formula is C17H21N5O2. The average Bonchev–Trinajstić information content (AvgIpc) is 3.03. The van der Waals surface area contributed by atoms with E-state index in [1.165, 1.54) is 17.4 Å². The molecule has 1 aromatic carbocycles. The maximum absolute atomic E-state index is 12.2. The fourth-order valence-corrected chi connectivity index (χ4v) is 2.69. The molecule has 1 aliphatic rings. The molecule has 2 amide bonds. The third-order valence-corrected chi connectivity index (χ3v) is 4.08. The van der Waals surface area contributed by atoms with E-state index in [2.05, 4.69) is 15.4 Å². The number of anilines is 1. The second-order valence-corrected chi connectivity index (χ2v) is 6.03. The molecule has 0 unspecified atom stereocenters. The van der Waals surface area contributed by atoms with Crippen molar-refractivity contribution < 1.29 is 9.59 Å². The van der Waals surface area contributed by atoms with Crippen molar-refractivity contribution in [2.45, 2.75) is 32.7 Å². The van der Waals surface area contributed by atoms with Gasteiger partial charge in [-0.15, -0.1) is 5.10 Å². The van der Waals surface area contributed by atoms with Crippen LogP contribution in [0.5, 0.6) is 0 Å². The normalized spacial score (nSPS) is 14.5. The van der Waals surface area contributed by atoms with Gasteiger partial charge in [0.05, 0.1) is 0 Å². The van der Waals surface area contributed by atoms with Crippen LogP contribution >= 0.6 is 0 Å². The fourth-order valence-electron chi connectivity index (χ4n) is 2.69. The lowest BCUT2D eigenvalue weighted by Crippen LogP contribution is -2.37. The zero-order valence-corrected chi connectivity index (χ0v) is 13.7. The van der Waals surface area contributed by atoms with Gasteiger partial charge in [0.15, 0.2) is 0 Å². The van der Waals surface area contributed by atoms with Crippen molar-refractivity contribution in [2.75, 3.05) is 18.4 Å². The van der Waals surface area contributed by atoms with Gasteiger partial charge >= 0.3 is 0 Å². The zero-order valence-electron chi connectivity index (χ0n) is 13.7. The number of piperidine rings is 1. The third-order valence-electron chi connectivity index (χ3n) is 4.08. The minimum atomic E-state index is -0.268. The zero-order chi connectivity index (χ0) is 16.9. The predicted molar refractivity (Wildman–Crippen MR) is 89.6 cm³/mol. The summed E-state index contributed by atoms with van der Waals surface area (Å²) in [6.07, 6.45) is 4.76. The molecule has 7 heteroatoms. The van der Waals surface area contributed by atoms with E-state index in [0.29, 0.717) is 5.56 Å². The first-order valence-corrected chi connectivity index (χ1v) is 8.17. The number of carbonyl (C=O) groups excluding carboxylic acids is 2. The van der Waals surface area contributed by atoms with Crippen LogP contribution in [0.1, 0.15) is 35.2 Å². The molecule has 126 valence electrons. The number of amides is 2. The number of carbonyl (C=O) groups is 2. The van der Waals surface area contributed by atoms with Gasteiger partial charge in [0, 0.05) is 18.7 Å². The number of aromatic nitrogens is 3. The highest BCUT2D eigenvalue weighted by Crippen LogP contribution is 2.10. The first-order valence-electron chi connectivity index (χ1n) is 8.17. The number of likely N-dealkylation sites (tertiary alicyclic amines) is 1. The van der Waals surface area contributed by atoms with Crippen LogP contribution in [-0.2, 0) is 11.3 Å². The smallest absolute Gasteiger partial charge is 0.258 e. The van der Waals surface area contributed by atoms with Crippen LogP contribution < -0.4 is 5.32 Å². The standard InChI is InChI=1S/C17H21N5O2/c1-13-5-7-14(8-6-13)16(24)19-17-18-12-22(20-17)11-15(23)21-9-3-2-4-10-21/h5-8,12H,2-4,9-11H2,1H3,(H,19,20,24). The minimum absolute atomic E-state index is 0.0380. The molecule has 2 heterocycles. The molecule has 7 nitrogen and oxygen atoms in total. The van der Waals surface area contributed by atoms with Crippen molar-refractivity contribution in [1.82, 2.24) is 19.7 Å². The van der Waals surface area contributed by atoms with Crippen molar-refractivity contribution in [1.29, 1.82) is 0 Å². The first kappa shape index (κ1) is 16.2. The van der Waals surface area contributed by atoms with E-state index < -0.39 is 0 Å². The quantitative estimate of drug-likeness (QED) is 0.929. The molecule has 0 saturated carbocycles. The van der Waals surface area contributed by atoms with Gasteiger partial charge in [-0.2, -0.15) is 0 Å². The number of aryl methyl sites for hydroxylation is 1. The van der Waals surface area contributed by atoms with Gasteiger partial charge in [0.25, 0.3) is 5.91 Å². The van der Waals surface area contributed by atoms with Crippen LogP contribution in [0.3, 0.4) is 0 Å². The maximum Gasteiger partial charge on any atom is 0.258 e. The van der Waals surface area contributed by atoms with Crippen LogP contribution in [0.2, 0.25) is 0 Å². The predicted octanol–water partition coefficient (Wildman–Crippen LogP) is 1.85. The number of hydrogen-bond acceptors (Lipinski definition) is 4. The van der Waals surface area contributed by atoms with Gasteiger partial charge in [0.2, 0.25) is 11.9 Å². The Morgan fingerprint density at radius 3 is 2.54 bits per heavy atom.